The molecule has 128 valence electrons. The number of hydrogen-bond donors (Lipinski definition) is 1. The predicted octanol–water partition coefficient (Wildman–Crippen LogP) is 5.24. The van der Waals surface area contributed by atoms with Crippen molar-refractivity contribution in [3.05, 3.63) is 101 Å². The average molecular weight is 370 g/mol. The Morgan fingerprint density at radius 1 is 0.920 bits per heavy atom. The molecule has 0 aliphatic rings. The summed E-state index contributed by atoms with van der Waals surface area (Å²) in [6, 6.07) is 25.6. The lowest BCUT2D eigenvalue weighted by Crippen LogP contribution is -2.25. The number of nitrogens with one attached hydrogen (secondary N) is 1. The van der Waals surface area contributed by atoms with Gasteiger partial charge in [0.25, 0.3) is 0 Å². The Morgan fingerprint density at radius 2 is 1.56 bits per heavy atom. The number of benzene rings is 3. The van der Waals surface area contributed by atoms with Gasteiger partial charge in [0.05, 0.1) is 4.90 Å². The minimum absolute atomic E-state index is 0.0678. The average Bonchev–Trinajstić information content (AvgIpc) is 2.63. The van der Waals surface area contributed by atoms with Crippen molar-refractivity contribution in [3.63, 3.8) is 0 Å². The molecule has 0 aliphatic carbocycles. The normalized spacial score (nSPS) is 13.4. The zero-order valence-electron chi connectivity index (χ0n) is 14.0. The first-order valence-electron chi connectivity index (χ1n) is 8.16. The van der Waals surface area contributed by atoms with Crippen LogP contribution in [0.5, 0.6) is 0 Å². The molecular formula is C21H20ClNOS. The highest BCUT2D eigenvalue weighted by atomic mass is 35.5. The Labute approximate surface area is 156 Å². The van der Waals surface area contributed by atoms with Crippen molar-refractivity contribution in [1.82, 2.24) is 4.72 Å². The zero-order chi connectivity index (χ0) is 17.6. The summed E-state index contributed by atoms with van der Waals surface area (Å²) in [5.74, 6) is 0. The van der Waals surface area contributed by atoms with E-state index in [0.717, 1.165) is 22.4 Å². The molecule has 2 atom stereocenters. The van der Waals surface area contributed by atoms with E-state index in [2.05, 4.69) is 16.9 Å². The SMILES string of the molecule is Cc1ccc([S@@](=O)N[C@H](Cc2ccccc2)c2ccc(Cl)cc2)cc1. The molecule has 0 spiro atoms. The van der Waals surface area contributed by atoms with Gasteiger partial charge < -0.3 is 0 Å². The molecule has 0 fully saturated rings. The van der Waals surface area contributed by atoms with Crippen molar-refractivity contribution in [2.45, 2.75) is 24.3 Å². The first-order chi connectivity index (χ1) is 12.1. The summed E-state index contributed by atoms with van der Waals surface area (Å²) in [6.45, 7) is 2.02. The van der Waals surface area contributed by atoms with Crippen LogP contribution < -0.4 is 4.72 Å². The number of rotatable bonds is 6. The van der Waals surface area contributed by atoms with Gasteiger partial charge in [-0.2, -0.15) is 0 Å². The summed E-state index contributed by atoms with van der Waals surface area (Å²) in [6.07, 6.45) is 0.750. The summed E-state index contributed by atoms with van der Waals surface area (Å²) < 4.78 is 16.0. The Kier molecular flexibility index (Phi) is 6.03. The highest BCUT2D eigenvalue weighted by Crippen LogP contribution is 2.22. The minimum Gasteiger partial charge on any atom is -0.237 e. The van der Waals surface area contributed by atoms with E-state index in [1.165, 1.54) is 5.56 Å². The molecule has 3 aromatic carbocycles. The van der Waals surface area contributed by atoms with Crippen LogP contribution in [0.4, 0.5) is 0 Å². The lowest BCUT2D eigenvalue weighted by Gasteiger charge is -2.19. The van der Waals surface area contributed by atoms with Crippen LogP contribution in [0.1, 0.15) is 22.7 Å². The molecular weight excluding hydrogens is 350 g/mol. The quantitative estimate of drug-likeness (QED) is 0.632. The molecule has 0 heterocycles. The smallest absolute Gasteiger partial charge is 0.125 e. The number of hydrogen-bond acceptors (Lipinski definition) is 1. The van der Waals surface area contributed by atoms with Gasteiger partial charge in [0.15, 0.2) is 0 Å². The van der Waals surface area contributed by atoms with E-state index in [4.69, 9.17) is 11.6 Å². The van der Waals surface area contributed by atoms with Gasteiger partial charge >= 0.3 is 0 Å². The zero-order valence-corrected chi connectivity index (χ0v) is 15.6. The van der Waals surface area contributed by atoms with E-state index in [-0.39, 0.29) is 6.04 Å². The molecule has 25 heavy (non-hydrogen) atoms. The highest BCUT2D eigenvalue weighted by Gasteiger charge is 2.16. The lowest BCUT2D eigenvalue weighted by molar-refractivity contribution is 0.624. The van der Waals surface area contributed by atoms with Crippen LogP contribution in [-0.4, -0.2) is 4.21 Å². The summed E-state index contributed by atoms with van der Waals surface area (Å²) in [5.41, 5.74) is 3.41. The third-order valence-electron chi connectivity index (χ3n) is 4.04. The third-order valence-corrected chi connectivity index (χ3v) is 5.49. The maximum Gasteiger partial charge on any atom is 0.125 e. The Bertz CT molecular complexity index is 832. The fourth-order valence-electron chi connectivity index (χ4n) is 2.63. The van der Waals surface area contributed by atoms with Gasteiger partial charge in [0.1, 0.15) is 11.0 Å². The predicted molar refractivity (Wildman–Crippen MR) is 105 cm³/mol. The first-order valence-corrected chi connectivity index (χ1v) is 9.68. The molecule has 0 radical (unpaired) electrons. The van der Waals surface area contributed by atoms with Crippen LogP contribution in [0.25, 0.3) is 0 Å². The van der Waals surface area contributed by atoms with Crippen molar-refractivity contribution in [2.24, 2.45) is 0 Å². The van der Waals surface area contributed by atoms with Crippen LogP contribution in [0.3, 0.4) is 0 Å². The van der Waals surface area contributed by atoms with Gasteiger partial charge in [-0.25, -0.2) is 8.93 Å². The molecule has 0 aromatic heterocycles. The molecule has 0 saturated heterocycles. The van der Waals surface area contributed by atoms with E-state index < -0.39 is 11.0 Å². The highest BCUT2D eigenvalue weighted by molar-refractivity contribution is 7.83. The maximum atomic E-state index is 12.8. The molecule has 3 aromatic rings. The molecule has 1 N–H and O–H groups in total. The second-order valence-electron chi connectivity index (χ2n) is 5.99. The topological polar surface area (TPSA) is 29.1 Å². The monoisotopic (exact) mass is 369 g/mol. The van der Waals surface area contributed by atoms with Crippen molar-refractivity contribution >= 4 is 22.6 Å². The number of aryl methyl sites for hydroxylation is 1. The van der Waals surface area contributed by atoms with Crippen LogP contribution in [0, 0.1) is 6.92 Å². The molecule has 0 bridgehead atoms. The second-order valence-corrected chi connectivity index (χ2v) is 7.67. The summed E-state index contributed by atoms with van der Waals surface area (Å²) in [7, 11) is -1.28. The van der Waals surface area contributed by atoms with Gasteiger partial charge in [0, 0.05) is 11.1 Å². The number of halogens is 1. The Morgan fingerprint density at radius 3 is 2.20 bits per heavy atom. The lowest BCUT2D eigenvalue weighted by atomic mass is 10.00. The fraction of sp³-hybridized carbons (Fsp3) is 0.143. The Balaban J connectivity index is 1.83. The van der Waals surface area contributed by atoms with E-state index in [0.29, 0.717) is 5.02 Å². The van der Waals surface area contributed by atoms with E-state index in [1.807, 2.05) is 73.7 Å². The first kappa shape index (κ1) is 17.9. The van der Waals surface area contributed by atoms with Gasteiger partial charge in [0.2, 0.25) is 0 Å². The standard InChI is InChI=1S/C21H20ClNOS/c1-16-7-13-20(14-8-16)25(24)23-21(15-17-5-3-2-4-6-17)18-9-11-19(22)12-10-18/h2-14,21,23H,15H2,1H3/t21-,25-/m1/s1. The molecule has 0 unspecified atom stereocenters. The van der Waals surface area contributed by atoms with E-state index in [9.17, 15) is 4.21 Å². The van der Waals surface area contributed by atoms with Crippen LogP contribution in [0.15, 0.2) is 83.8 Å². The molecule has 0 amide bonds. The van der Waals surface area contributed by atoms with Gasteiger partial charge in [-0.1, -0.05) is 71.8 Å². The molecule has 2 nitrogen and oxygen atoms in total. The molecule has 0 saturated carbocycles. The van der Waals surface area contributed by atoms with Crippen molar-refractivity contribution in [3.8, 4) is 0 Å². The molecule has 3 rings (SSSR count). The Hall–Kier alpha value is -1.94. The molecule has 4 heteroatoms. The van der Waals surface area contributed by atoms with Gasteiger partial charge in [-0.15, -0.1) is 0 Å². The van der Waals surface area contributed by atoms with Gasteiger partial charge in [-0.3, -0.25) is 0 Å². The van der Waals surface area contributed by atoms with Crippen LogP contribution in [-0.2, 0) is 17.4 Å². The maximum absolute atomic E-state index is 12.8. The van der Waals surface area contributed by atoms with E-state index >= 15 is 0 Å². The second kappa shape index (κ2) is 8.43. The van der Waals surface area contributed by atoms with Crippen molar-refractivity contribution < 1.29 is 4.21 Å². The fourth-order valence-corrected chi connectivity index (χ4v) is 3.75. The largest absolute Gasteiger partial charge is 0.237 e. The van der Waals surface area contributed by atoms with E-state index in [1.54, 1.807) is 0 Å². The van der Waals surface area contributed by atoms with Gasteiger partial charge in [-0.05, 0) is 48.7 Å². The molecule has 0 aliphatic heterocycles. The minimum atomic E-state index is -1.28. The van der Waals surface area contributed by atoms with Crippen LogP contribution in [0.2, 0.25) is 5.02 Å². The third kappa shape index (κ3) is 5.02. The summed E-state index contributed by atoms with van der Waals surface area (Å²) >= 11 is 6.01. The van der Waals surface area contributed by atoms with Crippen molar-refractivity contribution in [1.29, 1.82) is 0 Å². The summed E-state index contributed by atoms with van der Waals surface area (Å²) in [4.78, 5) is 0.776. The van der Waals surface area contributed by atoms with Crippen LogP contribution >= 0.6 is 11.6 Å². The summed E-state index contributed by atoms with van der Waals surface area (Å²) in [5, 5.41) is 0.696. The van der Waals surface area contributed by atoms with Crippen molar-refractivity contribution in [2.75, 3.05) is 0 Å².